The zero-order chi connectivity index (χ0) is 19.1. The molecule has 0 aliphatic carbocycles. The van der Waals surface area contributed by atoms with Crippen LogP contribution in [0.3, 0.4) is 0 Å². The van der Waals surface area contributed by atoms with Crippen LogP contribution in [0, 0.1) is 0 Å². The molecule has 3 aromatic rings. The van der Waals surface area contributed by atoms with Gasteiger partial charge in [-0.3, -0.25) is 4.79 Å². The zero-order valence-corrected chi connectivity index (χ0v) is 16.9. The summed E-state index contributed by atoms with van der Waals surface area (Å²) in [4.78, 5) is 16.5. The zero-order valence-electron chi connectivity index (χ0n) is 14.5. The van der Waals surface area contributed by atoms with Gasteiger partial charge in [-0.1, -0.05) is 28.1 Å². The van der Waals surface area contributed by atoms with Crippen molar-refractivity contribution in [1.29, 1.82) is 0 Å². The number of ether oxygens (including phenoxy) is 2. The smallest absolute Gasteiger partial charge is 0.248 e. The molecule has 0 saturated heterocycles. The van der Waals surface area contributed by atoms with Crippen LogP contribution in [0.2, 0.25) is 0 Å². The van der Waals surface area contributed by atoms with Crippen LogP contribution in [0.5, 0.6) is 11.5 Å². The summed E-state index contributed by atoms with van der Waals surface area (Å²) in [5.41, 5.74) is 4.01. The van der Waals surface area contributed by atoms with E-state index in [2.05, 4.69) is 26.2 Å². The van der Waals surface area contributed by atoms with Gasteiger partial charge in [-0.25, -0.2) is 4.98 Å². The average molecular weight is 445 g/mol. The number of halogens is 1. The van der Waals surface area contributed by atoms with Gasteiger partial charge in [-0.05, 0) is 36.4 Å². The van der Waals surface area contributed by atoms with Gasteiger partial charge in [-0.15, -0.1) is 11.3 Å². The molecule has 0 saturated carbocycles. The van der Waals surface area contributed by atoms with E-state index < -0.39 is 0 Å². The fourth-order valence-corrected chi connectivity index (χ4v) is 3.25. The van der Waals surface area contributed by atoms with Gasteiger partial charge < -0.3 is 14.8 Å². The summed E-state index contributed by atoms with van der Waals surface area (Å²) in [6.45, 7) is 0.349. The minimum atomic E-state index is -0.262. The SMILES string of the molecule is COc1ccc(Br)cc1/C=C/C(=O)Nc1ccccc1OCc1cscn1. The Hall–Kier alpha value is -2.64. The van der Waals surface area contributed by atoms with Crippen LogP contribution in [0.25, 0.3) is 6.08 Å². The molecule has 3 rings (SSSR count). The first kappa shape index (κ1) is 19.1. The number of anilines is 1. The number of thiazole rings is 1. The van der Waals surface area contributed by atoms with E-state index in [9.17, 15) is 4.79 Å². The van der Waals surface area contributed by atoms with Gasteiger partial charge in [0.2, 0.25) is 5.91 Å². The number of aromatic nitrogens is 1. The molecule has 7 heteroatoms. The Balaban J connectivity index is 1.68. The van der Waals surface area contributed by atoms with E-state index in [1.807, 2.05) is 41.8 Å². The van der Waals surface area contributed by atoms with Gasteiger partial charge in [-0.2, -0.15) is 0 Å². The molecule has 0 radical (unpaired) electrons. The van der Waals surface area contributed by atoms with Gasteiger partial charge in [0.25, 0.3) is 0 Å². The highest BCUT2D eigenvalue weighted by atomic mass is 79.9. The van der Waals surface area contributed by atoms with E-state index in [1.165, 1.54) is 17.4 Å². The van der Waals surface area contributed by atoms with Crippen molar-refractivity contribution in [3.05, 3.63) is 75.2 Å². The van der Waals surface area contributed by atoms with Crippen LogP contribution in [0.1, 0.15) is 11.3 Å². The van der Waals surface area contributed by atoms with E-state index in [4.69, 9.17) is 9.47 Å². The van der Waals surface area contributed by atoms with E-state index in [0.29, 0.717) is 23.8 Å². The summed E-state index contributed by atoms with van der Waals surface area (Å²) in [5.74, 6) is 1.02. The Labute approximate surface area is 169 Å². The Bertz CT molecular complexity index is 942. The number of carbonyl (C=O) groups is 1. The highest BCUT2D eigenvalue weighted by molar-refractivity contribution is 9.10. The Morgan fingerprint density at radius 3 is 2.89 bits per heavy atom. The standard InChI is InChI=1S/C20H17BrN2O3S/c1-25-18-8-7-15(21)10-14(18)6-9-20(24)23-17-4-2-3-5-19(17)26-11-16-12-27-13-22-16/h2-10,12-13H,11H2,1H3,(H,23,24)/b9-6+. The molecule has 0 aliphatic rings. The summed E-state index contributed by atoms with van der Waals surface area (Å²) >= 11 is 4.93. The molecule has 0 bridgehead atoms. The van der Waals surface area contributed by atoms with Crippen molar-refractivity contribution < 1.29 is 14.3 Å². The lowest BCUT2D eigenvalue weighted by atomic mass is 10.2. The van der Waals surface area contributed by atoms with Crippen LogP contribution in [0.15, 0.2) is 63.9 Å². The quantitative estimate of drug-likeness (QED) is 0.512. The van der Waals surface area contributed by atoms with E-state index in [1.54, 1.807) is 24.8 Å². The molecule has 0 aliphatic heterocycles. The molecule has 138 valence electrons. The Morgan fingerprint density at radius 2 is 2.11 bits per heavy atom. The third-order valence-electron chi connectivity index (χ3n) is 3.61. The monoisotopic (exact) mass is 444 g/mol. The first-order chi connectivity index (χ1) is 13.2. The molecule has 0 atom stereocenters. The second-order valence-corrected chi connectivity index (χ2v) is 7.11. The van der Waals surface area contributed by atoms with E-state index in [-0.39, 0.29) is 5.91 Å². The number of carbonyl (C=O) groups excluding carboxylic acids is 1. The van der Waals surface area contributed by atoms with Crippen molar-refractivity contribution in [3.8, 4) is 11.5 Å². The number of amides is 1. The lowest BCUT2D eigenvalue weighted by Gasteiger charge is -2.11. The largest absolute Gasteiger partial charge is 0.496 e. The lowest BCUT2D eigenvalue weighted by molar-refractivity contribution is -0.111. The minimum absolute atomic E-state index is 0.262. The molecule has 2 aromatic carbocycles. The van der Waals surface area contributed by atoms with Gasteiger partial charge >= 0.3 is 0 Å². The molecule has 0 unspecified atom stereocenters. The van der Waals surface area contributed by atoms with E-state index >= 15 is 0 Å². The molecular formula is C20H17BrN2O3S. The predicted molar refractivity (Wildman–Crippen MR) is 111 cm³/mol. The second kappa shape index (κ2) is 9.34. The van der Waals surface area contributed by atoms with Gasteiger partial charge in [0, 0.05) is 21.5 Å². The number of benzene rings is 2. The number of hydrogen-bond donors (Lipinski definition) is 1. The summed E-state index contributed by atoms with van der Waals surface area (Å²) < 4.78 is 12.0. The fraction of sp³-hybridized carbons (Fsp3) is 0.100. The topological polar surface area (TPSA) is 60.5 Å². The van der Waals surface area contributed by atoms with Crippen molar-refractivity contribution in [1.82, 2.24) is 4.98 Å². The first-order valence-corrected chi connectivity index (χ1v) is 9.81. The van der Waals surface area contributed by atoms with Crippen LogP contribution in [0.4, 0.5) is 5.69 Å². The van der Waals surface area contributed by atoms with Gasteiger partial charge in [0.15, 0.2) is 0 Å². The molecule has 1 amide bonds. The molecule has 1 N–H and O–H groups in total. The van der Waals surface area contributed by atoms with Crippen molar-refractivity contribution in [3.63, 3.8) is 0 Å². The number of rotatable bonds is 7. The molecule has 27 heavy (non-hydrogen) atoms. The summed E-state index contributed by atoms with van der Waals surface area (Å²) in [7, 11) is 1.59. The van der Waals surface area contributed by atoms with Crippen LogP contribution in [-0.2, 0) is 11.4 Å². The fourth-order valence-electron chi connectivity index (χ4n) is 2.33. The maximum absolute atomic E-state index is 12.3. The second-order valence-electron chi connectivity index (χ2n) is 5.47. The minimum Gasteiger partial charge on any atom is -0.496 e. The highest BCUT2D eigenvalue weighted by Gasteiger charge is 2.07. The molecule has 1 aromatic heterocycles. The maximum Gasteiger partial charge on any atom is 0.248 e. The normalized spacial score (nSPS) is 10.7. The number of methoxy groups -OCH3 is 1. The molecule has 1 heterocycles. The first-order valence-electron chi connectivity index (χ1n) is 8.07. The third kappa shape index (κ3) is 5.42. The average Bonchev–Trinajstić information content (AvgIpc) is 3.19. The van der Waals surface area contributed by atoms with Crippen LogP contribution < -0.4 is 14.8 Å². The summed E-state index contributed by atoms with van der Waals surface area (Å²) in [5, 5.41) is 4.77. The van der Waals surface area contributed by atoms with Crippen molar-refractivity contribution >= 4 is 44.9 Å². The summed E-state index contributed by atoms with van der Waals surface area (Å²) in [6.07, 6.45) is 3.17. The van der Waals surface area contributed by atoms with Crippen LogP contribution in [-0.4, -0.2) is 18.0 Å². The predicted octanol–water partition coefficient (Wildman–Crippen LogP) is 5.15. The Kier molecular flexibility index (Phi) is 6.62. The van der Waals surface area contributed by atoms with Gasteiger partial charge in [0.1, 0.15) is 18.1 Å². The maximum atomic E-state index is 12.3. The van der Waals surface area contributed by atoms with Gasteiger partial charge in [0.05, 0.1) is 24.0 Å². The van der Waals surface area contributed by atoms with Crippen LogP contribution >= 0.6 is 27.3 Å². The molecular weight excluding hydrogens is 428 g/mol. The van der Waals surface area contributed by atoms with Crippen molar-refractivity contribution in [2.75, 3.05) is 12.4 Å². The van der Waals surface area contributed by atoms with Crippen molar-refractivity contribution in [2.45, 2.75) is 6.61 Å². The van der Waals surface area contributed by atoms with Crippen molar-refractivity contribution in [2.24, 2.45) is 0 Å². The Morgan fingerprint density at radius 1 is 1.26 bits per heavy atom. The number of nitrogens with one attached hydrogen (secondary N) is 1. The third-order valence-corrected chi connectivity index (χ3v) is 4.74. The molecule has 5 nitrogen and oxygen atoms in total. The van der Waals surface area contributed by atoms with E-state index in [0.717, 1.165) is 15.7 Å². The lowest BCUT2D eigenvalue weighted by Crippen LogP contribution is -2.09. The number of hydrogen-bond acceptors (Lipinski definition) is 5. The highest BCUT2D eigenvalue weighted by Crippen LogP contribution is 2.26. The number of para-hydroxylation sites is 2. The molecule has 0 fully saturated rings. The number of nitrogens with zero attached hydrogens (tertiary/aromatic N) is 1. The molecule has 0 spiro atoms. The summed E-state index contributed by atoms with van der Waals surface area (Å²) in [6, 6.07) is 12.9.